The lowest BCUT2D eigenvalue weighted by Crippen LogP contribution is -2.12. The van der Waals surface area contributed by atoms with Crippen molar-refractivity contribution in [2.75, 3.05) is 5.32 Å². The summed E-state index contributed by atoms with van der Waals surface area (Å²) >= 11 is 1.60. The molecule has 25 heavy (non-hydrogen) atoms. The minimum Gasteiger partial charge on any atom is -0.448 e. The summed E-state index contributed by atoms with van der Waals surface area (Å²) in [6.07, 6.45) is 0. The molecule has 0 aliphatic carbocycles. The van der Waals surface area contributed by atoms with Gasteiger partial charge in [0.05, 0.1) is 0 Å². The molecule has 3 nitrogen and oxygen atoms in total. The Kier molecular flexibility index (Phi) is 3.86. The maximum Gasteiger partial charge on any atom is 0.291 e. The Hall–Kier alpha value is -2.92. The molecule has 1 amide bonds. The number of halogens is 1. The zero-order chi connectivity index (χ0) is 17.4. The number of anilines is 1. The smallest absolute Gasteiger partial charge is 0.291 e. The lowest BCUT2D eigenvalue weighted by molar-refractivity contribution is 0.0998. The van der Waals surface area contributed by atoms with Gasteiger partial charge >= 0.3 is 0 Å². The van der Waals surface area contributed by atoms with Gasteiger partial charge in [0.15, 0.2) is 17.2 Å². The Morgan fingerprint density at radius 1 is 1.08 bits per heavy atom. The van der Waals surface area contributed by atoms with Crippen LogP contribution in [0.4, 0.5) is 10.1 Å². The van der Waals surface area contributed by atoms with Crippen LogP contribution in [0, 0.1) is 12.7 Å². The molecule has 0 bridgehead atoms. The molecular formula is C20H14FNO2S. The molecule has 0 aliphatic rings. The topological polar surface area (TPSA) is 42.2 Å². The number of amides is 1. The minimum absolute atomic E-state index is 0.108. The van der Waals surface area contributed by atoms with E-state index in [2.05, 4.69) is 5.32 Å². The molecule has 4 rings (SSSR count). The van der Waals surface area contributed by atoms with E-state index in [4.69, 9.17) is 4.42 Å². The number of thiophene rings is 1. The predicted octanol–water partition coefficient (Wildman–Crippen LogP) is 5.86. The average Bonchev–Trinajstić information content (AvgIpc) is 3.25. The summed E-state index contributed by atoms with van der Waals surface area (Å²) in [5, 5.41) is 5.48. The van der Waals surface area contributed by atoms with Gasteiger partial charge < -0.3 is 9.73 Å². The van der Waals surface area contributed by atoms with Crippen LogP contribution in [-0.4, -0.2) is 5.91 Å². The van der Waals surface area contributed by atoms with E-state index >= 15 is 0 Å². The SMILES string of the molecule is Cc1c(C(=O)Nc2ccccc2-c2cccs2)oc2c(F)cccc12. The fourth-order valence-electron chi connectivity index (χ4n) is 2.84. The normalized spacial score (nSPS) is 11.0. The predicted molar refractivity (Wildman–Crippen MR) is 98.6 cm³/mol. The molecule has 2 aromatic carbocycles. The molecule has 0 atom stereocenters. The van der Waals surface area contributed by atoms with Crippen LogP contribution in [0.5, 0.6) is 0 Å². The quantitative estimate of drug-likeness (QED) is 0.502. The van der Waals surface area contributed by atoms with Crippen molar-refractivity contribution in [2.24, 2.45) is 0 Å². The van der Waals surface area contributed by atoms with Crippen molar-refractivity contribution in [2.45, 2.75) is 6.92 Å². The van der Waals surface area contributed by atoms with Gasteiger partial charge in [-0.3, -0.25) is 4.79 Å². The number of hydrogen-bond donors (Lipinski definition) is 1. The molecule has 0 saturated heterocycles. The molecule has 0 saturated carbocycles. The monoisotopic (exact) mass is 351 g/mol. The largest absolute Gasteiger partial charge is 0.448 e. The average molecular weight is 351 g/mol. The maximum atomic E-state index is 13.9. The van der Waals surface area contributed by atoms with Crippen LogP contribution in [0.1, 0.15) is 16.1 Å². The number of carbonyl (C=O) groups is 1. The molecule has 0 aliphatic heterocycles. The molecule has 5 heteroatoms. The Balaban J connectivity index is 1.73. The fourth-order valence-corrected chi connectivity index (χ4v) is 3.61. The number of nitrogens with one attached hydrogen (secondary N) is 1. The number of hydrogen-bond acceptors (Lipinski definition) is 3. The maximum absolute atomic E-state index is 13.9. The first kappa shape index (κ1) is 15.6. The molecule has 0 radical (unpaired) electrons. The Labute approximate surface area is 147 Å². The highest BCUT2D eigenvalue weighted by Gasteiger charge is 2.20. The summed E-state index contributed by atoms with van der Waals surface area (Å²) in [6, 6.07) is 16.2. The molecule has 0 fully saturated rings. The van der Waals surface area contributed by atoms with Crippen molar-refractivity contribution in [3.05, 3.63) is 77.1 Å². The summed E-state index contributed by atoms with van der Waals surface area (Å²) in [6.45, 7) is 1.76. The van der Waals surface area contributed by atoms with Crippen LogP contribution in [0.2, 0.25) is 0 Å². The van der Waals surface area contributed by atoms with Crippen LogP contribution in [0.25, 0.3) is 21.4 Å². The zero-order valence-electron chi connectivity index (χ0n) is 13.4. The zero-order valence-corrected chi connectivity index (χ0v) is 14.2. The van der Waals surface area contributed by atoms with E-state index in [9.17, 15) is 9.18 Å². The Morgan fingerprint density at radius 2 is 1.92 bits per heavy atom. The van der Waals surface area contributed by atoms with Crippen molar-refractivity contribution >= 4 is 33.9 Å². The minimum atomic E-state index is -0.473. The third-order valence-electron chi connectivity index (χ3n) is 4.08. The first-order valence-corrected chi connectivity index (χ1v) is 8.65. The summed E-state index contributed by atoms with van der Waals surface area (Å²) in [4.78, 5) is 13.8. The van der Waals surface area contributed by atoms with E-state index < -0.39 is 11.7 Å². The summed E-state index contributed by atoms with van der Waals surface area (Å²) in [5.41, 5.74) is 2.36. The number of furan rings is 1. The second-order valence-corrected chi connectivity index (χ2v) is 6.60. The highest BCUT2D eigenvalue weighted by atomic mass is 32.1. The van der Waals surface area contributed by atoms with E-state index in [1.807, 2.05) is 41.8 Å². The highest BCUT2D eigenvalue weighted by molar-refractivity contribution is 7.13. The van der Waals surface area contributed by atoms with Crippen LogP contribution >= 0.6 is 11.3 Å². The van der Waals surface area contributed by atoms with E-state index in [1.54, 1.807) is 30.4 Å². The number of rotatable bonds is 3. The molecule has 2 aromatic heterocycles. The highest BCUT2D eigenvalue weighted by Crippen LogP contribution is 2.33. The number of para-hydroxylation sites is 2. The summed E-state index contributed by atoms with van der Waals surface area (Å²) < 4.78 is 19.4. The van der Waals surface area contributed by atoms with Gasteiger partial charge in [0.2, 0.25) is 0 Å². The summed E-state index contributed by atoms with van der Waals surface area (Å²) in [7, 11) is 0. The fraction of sp³-hybridized carbons (Fsp3) is 0.0500. The van der Waals surface area contributed by atoms with Gasteiger partial charge in [-0.1, -0.05) is 36.4 Å². The van der Waals surface area contributed by atoms with Crippen LogP contribution < -0.4 is 5.32 Å². The van der Waals surface area contributed by atoms with E-state index in [0.29, 0.717) is 16.6 Å². The molecule has 2 heterocycles. The van der Waals surface area contributed by atoms with Crippen molar-refractivity contribution in [3.8, 4) is 10.4 Å². The van der Waals surface area contributed by atoms with Gasteiger partial charge in [-0.2, -0.15) is 0 Å². The molecule has 0 spiro atoms. The van der Waals surface area contributed by atoms with Gasteiger partial charge in [-0.15, -0.1) is 11.3 Å². The van der Waals surface area contributed by atoms with E-state index in [0.717, 1.165) is 10.4 Å². The van der Waals surface area contributed by atoms with Crippen molar-refractivity contribution in [1.82, 2.24) is 0 Å². The molecular weight excluding hydrogens is 337 g/mol. The van der Waals surface area contributed by atoms with Gasteiger partial charge in [-0.05, 0) is 30.5 Å². The van der Waals surface area contributed by atoms with Gasteiger partial charge in [0, 0.05) is 27.1 Å². The van der Waals surface area contributed by atoms with Crippen LogP contribution in [0.15, 0.2) is 64.4 Å². The number of carbonyl (C=O) groups excluding carboxylic acids is 1. The van der Waals surface area contributed by atoms with Crippen LogP contribution in [0.3, 0.4) is 0 Å². The first-order valence-electron chi connectivity index (χ1n) is 7.77. The number of aryl methyl sites for hydroxylation is 1. The standard InChI is InChI=1S/C20H14FNO2S/c1-12-13-7-4-8-15(21)19(13)24-18(12)20(23)22-16-9-3-2-6-14(16)17-10-5-11-25-17/h2-11H,1H3,(H,22,23). The number of fused-ring (bicyclic) bond motifs is 1. The van der Waals surface area contributed by atoms with Crippen LogP contribution in [-0.2, 0) is 0 Å². The third kappa shape index (κ3) is 2.72. The summed E-state index contributed by atoms with van der Waals surface area (Å²) in [5.74, 6) is -0.739. The van der Waals surface area contributed by atoms with Crippen molar-refractivity contribution in [1.29, 1.82) is 0 Å². The second-order valence-electron chi connectivity index (χ2n) is 5.65. The number of benzene rings is 2. The second kappa shape index (κ2) is 6.18. The Morgan fingerprint density at radius 3 is 2.68 bits per heavy atom. The van der Waals surface area contributed by atoms with E-state index in [-0.39, 0.29) is 11.3 Å². The molecule has 124 valence electrons. The lowest BCUT2D eigenvalue weighted by Gasteiger charge is -2.09. The Bertz CT molecular complexity index is 1070. The molecule has 0 unspecified atom stereocenters. The molecule has 1 N–H and O–H groups in total. The van der Waals surface area contributed by atoms with E-state index in [1.165, 1.54) is 6.07 Å². The lowest BCUT2D eigenvalue weighted by atomic mass is 10.1. The van der Waals surface area contributed by atoms with Crippen molar-refractivity contribution in [3.63, 3.8) is 0 Å². The molecule has 4 aromatic rings. The van der Waals surface area contributed by atoms with Gasteiger partial charge in [0.1, 0.15) is 0 Å². The third-order valence-corrected chi connectivity index (χ3v) is 4.99. The first-order chi connectivity index (χ1) is 12.1. The van der Waals surface area contributed by atoms with Gasteiger partial charge in [0.25, 0.3) is 5.91 Å². The van der Waals surface area contributed by atoms with Gasteiger partial charge in [-0.25, -0.2) is 4.39 Å². The van der Waals surface area contributed by atoms with Crippen molar-refractivity contribution < 1.29 is 13.6 Å².